The van der Waals surface area contributed by atoms with Gasteiger partial charge in [0.1, 0.15) is 0 Å². The number of esters is 1. The van der Waals surface area contributed by atoms with E-state index in [0.29, 0.717) is 16.7 Å². The minimum absolute atomic E-state index is 0.137. The summed E-state index contributed by atoms with van der Waals surface area (Å²) in [7, 11) is 0. The Labute approximate surface area is 111 Å². The molecule has 0 aliphatic carbocycles. The fraction of sp³-hybridized carbons (Fsp3) is 0.417. The maximum absolute atomic E-state index is 11.4. The second kappa shape index (κ2) is 6.84. The predicted molar refractivity (Wildman–Crippen MR) is 69.3 cm³/mol. The number of benzene rings is 1. The molecule has 3 nitrogen and oxygen atoms in total. The third-order valence-corrected chi connectivity index (χ3v) is 2.96. The van der Waals surface area contributed by atoms with E-state index >= 15 is 0 Å². The van der Waals surface area contributed by atoms with Crippen LogP contribution in [0.3, 0.4) is 0 Å². The lowest BCUT2D eigenvalue weighted by atomic mass is 10.1. The van der Waals surface area contributed by atoms with Crippen LogP contribution in [0.5, 0.6) is 0 Å². The largest absolute Gasteiger partial charge is 0.466 e. The minimum Gasteiger partial charge on any atom is -0.466 e. The van der Waals surface area contributed by atoms with E-state index in [1.165, 1.54) is 0 Å². The third kappa shape index (κ3) is 4.54. The zero-order valence-electron chi connectivity index (χ0n) is 9.58. The summed E-state index contributed by atoms with van der Waals surface area (Å²) < 4.78 is 4.96. The van der Waals surface area contributed by atoms with Gasteiger partial charge in [-0.3, -0.25) is 4.79 Å². The van der Waals surface area contributed by atoms with E-state index in [0.717, 1.165) is 12.0 Å². The molecule has 0 radical (unpaired) electrons. The molecule has 94 valence electrons. The van der Waals surface area contributed by atoms with Crippen molar-refractivity contribution in [2.24, 2.45) is 5.73 Å². The second-order valence-electron chi connectivity index (χ2n) is 3.70. The number of ether oxygens (including phenoxy) is 1. The highest BCUT2D eigenvalue weighted by molar-refractivity contribution is 6.42. The predicted octanol–water partition coefficient (Wildman–Crippen LogP) is 3.34. The molecule has 1 atom stereocenters. The Hall–Kier alpha value is -0.770. The van der Waals surface area contributed by atoms with Gasteiger partial charge >= 0.3 is 5.97 Å². The van der Waals surface area contributed by atoms with Gasteiger partial charge in [-0.25, -0.2) is 0 Å². The first kappa shape index (κ1) is 14.3. The Balaban J connectivity index is 2.60. The van der Waals surface area contributed by atoms with E-state index in [-0.39, 0.29) is 12.4 Å². The Morgan fingerprint density at radius 2 is 2.12 bits per heavy atom. The van der Waals surface area contributed by atoms with Crippen molar-refractivity contribution in [2.75, 3.05) is 6.61 Å². The van der Waals surface area contributed by atoms with E-state index in [9.17, 15) is 4.79 Å². The molecule has 0 spiro atoms. The molecule has 0 bridgehead atoms. The number of carbonyl (C=O) groups excluding carboxylic acids is 1. The molecular formula is C12H15Cl2NO2. The molecule has 0 aliphatic rings. The first-order chi connectivity index (χ1) is 8.04. The summed E-state index contributed by atoms with van der Waals surface area (Å²) in [5.41, 5.74) is 6.66. The van der Waals surface area contributed by atoms with Gasteiger partial charge in [0.2, 0.25) is 0 Å². The summed E-state index contributed by atoms with van der Waals surface area (Å²) in [4.78, 5) is 11.4. The average molecular weight is 276 g/mol. The van der Waals surface area contributed by atoms with Gasteiger partial charge in [0.15, 0.2) is 0 Å². The maximum Gasteiger partial charge on any atom is 0.307 e. The van der Waals surface area contributed by atoms with Gasteiger partial charge in [0.25, 0.3) is 0 Å². The van der Waals surface area contributed by atoms with Gasteiger partial charge < -0.3 is 10.5 Å². The minimum atomic E-state index is -0.422. The van der Waals surface area contributed by atoms with Crippen LogP contribution in [0.15, 0.2) is 18.2 Å². The summed E-state index contributed by atoms with van der Waals surface area (Å²) in [6.45, 7) is 2.36. The van der Waals surface area contributed by atoms with E-state index in [2.05, 4.69) is 0 Å². The average Bonchev–Trinajstić information content (AvgIpc) is 2.30. The first-order valence-corrected chi connectivity index (χ1v) is 6.16. The van der Waals surface area contributed by atoms with Gasteiger partial charge in [-0.2, -0.15) is 0 Å². The quantitative estimate of drug-likeness (QED) is 0.839. The van der Waals surface area contributed by atoms with Crippen molar-refractivity contribution in [3.63, 3.8) is 0 Å². The lowest BCUT2D eigenvalue weighted by Crippen LogP contribution is -2.17. The number of hydrogen-bond acceptors (Lipinski definition) is 3. The Bertz CT molecular complexity index is 396. The zero-order valence-corrected chi connectivity index (χ0v) is 11.1. The molecule has 17 heavy (non-hydrogen) atoms. The topological polar surface area (TPSA) is 52.3 Å². The zero-order chi connectivity index (χ0) is 12.8. The van der Waals surface area contributed by atoms with Crippen LogP contribution in [0, 0.1) is 0 Å². The highest BCUT2D eigenvalue weighted by atomic mass is 35.5. The van der Waals surface area contributed by atoms with Crippen LogP contribution in [0.4, 0.5) is 0 Å². The lowest BCUT2D eigenvalue weighted by molar-refractivity contribution is -0.144. The van der Waals surface area contributed by atoms with Crippen molar-refractivity contribution in [1.82, 2.24) is 0 Å². The Morgan fingerprint density at radius 1 is 1.41 bits per heavy atom. The Morgan fingerprint density at radius 3 is 2.71 bits per heavy atom. The molecule has 0 heterocycles. The molecule has 1 unspecified atom stereocenters. The lowest BCUT2D eigenvalue weighted by Gasteiger charge is -2.12. The number of halogens is 2. The van der Waals surface area contributed by atoms with Crippen molar-refractivity contribution in [1.29, 1.82) is 0 Å². The molecule has 5 heteroatoms. The summed E-state index contributed by atoms with van der Waals surface area (Å²) in [6.07, 6.45) is 0.936. The number of hydrogen-bond donors (Lipinski definition) is 1. The van der Waals surface area contributed by atoms with Crippen LogP contribution >= 0.6 is 23.2 Å². The molecule has 1 aromatic rings. The van der Waals surface area contributed by atoms with Crippen molar-refractivity contribution in [3.8, 4) is 0 Å². The van der Waals surface area contributed by atoms with Gasteiger partial charge in [-0.05, 0) is 24.1 Å². The molecule has 2 N–H and O–H groups in total. The summed E-state index contributed by atoms with van der Waals surface area (Å²) in [6, 6.07) is 4.67. The van der Waals surface area contributed by atoms with Crippen molar-refractivity contribution in [2.45, 2.75) is 25.8 Å². The molecule has 0 aromatic heterocycles. The first-order valence-electron chi connectivity index (χ1n) is 5.40. The normalized spacial score (nSPS) is 12.2. The summed E-state index contributed by atoms with van der Waals surface area (Å²) >= 11 is 11.7. The fourth-order valence-electron chi connectivity index (χ4n) is 1.32. The third-order valence-electron chi connectivity index (χ3n) is 2.23. The van der Waals surface area contributed by atoms with Crippen LogP contribution < -0.4 is 5.73 Å². The molecule has 0 saturated carbocycles. The van der Waals surface area contributed by atoms with Crippen molar-refractivity contribution in [3.05, 3.63) is 33.8 Å². The molecule has 1 aromatic carbocycles. The molecule has 0 amide bonds. The summed E-state index contributed by atoms with van der Waals surface area (Å²) in [5.74, 6) is -0.301. The van der Waals surface area contributed by atoms with Crippen LogP contribution in [0.25, 0.3) is 0 Å². The molecular weight excluding hydrogens is 261 g/mol. The van der Waals surface area contributed by atoms with E-state index in [4.69, 9.17) is 33.7 Å². The van der Waals surface area contributed by atoms with Crippen molar-refractivity contribution < 1.29 is 9.53 Å². The highest BCUT2D eigenvalue weighted by Gasteiger charge is 2.13. The number of nitrogens with two attached hydrogens (primary N) is 1. The SMILES string of the molecule is CCCOC(=O)CC(N)c1ccc(Cl)c(Cl)c1. The fourth-order valence-corrected chi connectivity index (χ4v) is 1.62. The Kier molecular flexibility index (Phi) is 5.75. The van der Waals surface area contributed by atoms with Crippen LogP contribution in [0.1, 0.15) is 31.4 Å². The molecule has 0 aliphatic heterocycles. The van der Waals surface area contributed by atoms with Gasteiger partial charge in [0.05, 0.1) is 23.1 Å². The van der Waals surface area contributed by atoms with Gasteiger partial charge in [-0.1, -0.05) is 36.2 Å². The standard InChI is InChI=1S/C12H15Cl2NO2/c1-2-5-17-12(16)7-11(15)8-3-4-9(13)10(14)6-8/h3-4,6,11H,2,5,7,15H2,1H3. The second-order valence-corrected chi connectivity index (χ2v) is 4.52. The molecule has 0 fully saturated rings. The highest BCUT2D eigenvalue weighted by Crippen LogP contribution is 2.26. The number of carbonyl (C=O) groups is 1. The van der Waals surface area contributed by atoms with Crippen molar-refractivity contribution >= 4 is 29.2 Å². The van der Waals surface area contributed by atoms with E-state index < -0.39 is 6.04 Å². The monoisotopic (exact) mass is 275 g/mol. The van der Waals surface area contributed by atoms with Gasteiger partial charge in [-0.15, -0.1) is 0 Å². The van der Waals surface area contributed by atoms with Crippen LogP contribution in [-0.2, 0) is 9.53 Å². The maximum atomic E-state index is 11.4. The molecule has 0 saturated heterocycles. The van der Waals surface area contributed by atoms with E-state index in [1.807, 2.05) is 6.92 Å². The van der Waals surface area contributed by atoms with E-state index in [1.54, 1.807) is 18.2 Å². The molecule has 1 rings (SSSR count). The van der Waals surface area contributed by atoms with Gasteiger partial charge in [0, 0.05) is 6.04 Å². The van der Waals surface area contributed by atoms with Crippen LogP contribution in [0.2, 0.25) is 10.0 Å². The number of rotatable bonds is 5. The summed E-state index contributed by atoms with van der Waals surface area (Å²) in [5, 5.41) is 0.901. The van der Waals surface area contributed by atoms with Crippen LogP contribution in [-0.4, -0.2) is 12.6 Å². The smallest absolute Gasteiger partial charge is 0.307 e.